The number of benzene rings is 1. The second-order valence-electron chi connectivity index (χ2n) is 10.5. The van der Waals surface area contributed by atoms with Gasteiger partial charge in [0, 0.05) is 43.3 Å². The number of piperidine rings is 1. The zero-order chi connectivity index (χ0) is 27.7. The van der Waals surface area contributed by atoms with Gasteiger partial charge in [0.25, 0.3) is 5.91 Å². The number of nitrogens with zero attached hydrogens (tertiary/aromatic N) is 5. The summed E-state index contributed by atoms with van der Waals surface area (Å²) >= 11 is 1.15. The van der Waals surface area contributed by atoms with Crippen LogP contribution >= 0.6 is 11.8 Å². The summed E-state index contributed by atoms with van der Waals surface area (Å²) in [4.78, 5) is 33.2. The van der Waals surface area contributed by atoms with E-state index in [2.05, 4.69) is 10.1 Å². The molecule has 0 spiro atoms. The lowest BCUT2D eigenvalue weighted by Gasteiger charge is -2.41. The number of morpholine rings is 1. The molecule has 2 aromatic rings. The van der Waals surface area contributed by atoms with E-state index < -0.39 is 41.9 Å². The quantitative estimate of drug-likeness (QED) is 0.396. The Kier molecular flexibility index (Phi) is 8.36. The fraction of sp³-hybridized carbons (Fsp3) is 0.600. The number of alkyl halides is 3. The van der Waals surface area contributed by atoms with Crippen molar-refractivity contribution in [3.63, 3.8) is 0 Å². The molecule has 8 nitrogen and oxygen atoms in total. The first-order valence-corrected chi connectivity index (χ1v) is 13.4. The second-order valence-corrected chi connectivity index (χ2v) is 11.4. The molecule has 2 atom stereocenters. The number of likely N-dealkylation sites (tertiary alicyclic amines) is 1. The van der Waals surface area contributed by atoms with E-state index in [-0.39, 0.29) is 29.8 Å². The molecule has 208 valence electrons. The van der Waals surface area contributed by atoms with E-state index in [1.54, 1.807) is 32.9 Å². The highest BCUT2D eigenvalue weighted by Crippen LogP contribution is 2.42. The summed E-state index contributed by atoms with van der Waals surface area (Å²) in [5.74, 6) is -3.51. The minimum Gasteiger partial charge on any atom is -0.378 e. The van der Waals surface area contributed by atoms with E-state index in [0.717, 1.165) is 22.0 Å². The van der Waals surface area contributed by atoms with Crippen LogP contribution in [0.15, 0.2) is 29.4 Å². The number of carbonyl (C=O) groups is 2. The van der Waals surface area contributed by atoms with Crippen molar-refractivity contribution in [3.05, 3.63) is 41.5 Å². The predicted octanol–water partition coefficient (Wildman–Crippen LogP) is 4.82. The van der Waals surface area contributed by atoms with Gasteiger partial charge >= 0.3 is 12.2 Å². The largest absolute Gasteiger partial charge is 0.394 e. The van der Waals surface area contributed by atoms with Gasteiger partial charge in [0.05, 0.1) is 19.1 Å². The van der Waals surface area contributed by atoms with E-state index in [4.69, 9.17) is 4.74 Å². The number of thioether (sulfide) groups is 1. The smallest absolute Gasteiger partial charge is 0.378 e. The predicted molar refractivity (Wildman–Crippen MR) is 132 cm³/mol. The minimum absolute atomic E-state index is 0.00997. The number of halogens is 4. The van der Waals surface area contributed by atoms with Crippen molar-refractivity contribution in [2.45, 2.75) is 50.2 Å². The zero-order valence-electron chi connectivity index (χ0n) is 21.5. The van der Waals surface area contributed by atoms with Gasteiger partial charge in [-0.3, -0.25) is 4.79 Å². The lowest BCUT2D eigenvalue weighted by atomic mass is 9.84. The molecule has 2 unspecified atom stereocenters. The monoisotopic (exact) mass is 557 g/mol. The lowest BCUT2D eigenvalue weighted by molar-refractivity contribution is -0.190. The third kappa shape index (κ3) is 6.48. The van der Waals surface area contributed by atoms with Gasteiger partial charge in [-0.2, -0.15) is 17.9 Å². The number of carbonyl (C=O) groups excluding carboxylic acids is 2. The molecule has 0 N–H and O–H groups in total. The average Bonchev–Trinajstić information content (AvgIpc) is 3.30. The molecule has 38 heavy (non-hydrogen) atoms. The Balaban J connectivity index is 1.60. The van der Waals surface area contributed by atoms with Gasteiger partial charge in [-0.1, -0.05) is 44.7 Å². The molecule has 3 heterocycles. The highest BCUT2D eigenvalue weighted by molar-refractivity contribution is 7.98. The molecular weight excluding hydrogens is 526 g/mol. The maximum Gasteiger partial charge on any atom is 0.394 e. The van der Waals surface area contributed by atoms with Crippen LogP contribution in [0.2, 0.25) is 0 Å². The number of ether oxygens (including phenoxy) is 1. The zero-order valence-corrected chi connectivity index (χ0v) is 22.3. The van der Waals surface area contributed by atoms with E-state index in [1.807, 2.05) is 0 Å². The molecule has 0 saturated carbocycles. The lowest BCUT2D eigenvalue weighted by Crippen LogP contribution is -2.54. The Morgan fingerprint density at radius 1 is 1.05 bits per heavy atom. The summed E-state index contributed by atoms with van der Waals surface area (Å²) in [6.45, 7) is 6.07. The van der Waals surface area contributed by atoms with Crippen LogP contribution in [0.1, 0.15) is 49.3 Å². The molecular formula is C25H31F4N5O3S. The van der Waals surface area contributed by atoms with Gasteiger partial charge < -0.3 is 14.5 Å². The minimum atomic E-state index is -4.60. The first-order valence-electron chi connectivity index (χ1n) is 12.4. The summed E-state index contributed by atoms with van der Waals surface area (Å²) in [7, 11) is 0. The maximum absolute atomic E-state index is 14.3. The van der Waals surface area contributed by atoms with E-state index >= 15 is 0 Å². The Morgan fingerprint density at radius 3 is 2.32 bits per heavy atom. The van der Waals surface area contributed by atoms with Crippen molar-refractivity contribution >= 4 is 23.7 Å². The van der Waals surface area contributed by atoms with Crippen LogP contribution in [-0.2, 0) is 10.5 Å². The topological polar surface area (TPSA) is 80.6 Å². The van der Waals surface area contributed by atoms with Gasteiger partial charge in [0.1, 0.15) is 5.82 Å². The highest BCUT2D eigenvalue weighted by atomic mass is 32.2. The Labute approximate surface area is 222 Å². The normalized spacial score (nSPS) is 21.0. The molecule has 4 rings (SSSR count). The Hall–Kier alpha value is -2.67. The SMILES string of the molecule is CC(C)(C)C(=O)n1nc(C2CCN(C(=O)N3CCOCC3)CC2C(F)(F)F)nc1SCc1ccc(F)cc1. The van der Waals surface area contributed by atoms with Crippen LogP contribution in [0.5, 0.6) is 0 Å². The van der Waals surface area contributed by atoms with Crippen LogP contribution in [0.25, 0.3) is 0 Å². The van der Waals surface area contributed by atoms with Crippen molar-refractivity contribution in [2.75, 3.05) is 39.4 Å². The molecule has 13 heteroatoms. The molecule has 0 radical (unpaired) electrons. The van der Waals surface area contributed by atoms with Gasteiger partial charge in [-0.15, -0.1) is 5.10 Å². The molecule has 0 aliphatic carbocycles. The first kappa shape index (κ1) is 28.3. The molecule has 0 bridgehead atoms. The van der Waals surface area contributed by atoms with Crippen LogP contribution < -0.4 is 0 Å². The summed E-state index contributed by atoms with van der Waals surface area (Å²) in [6, 6.07) is 5.38. The third-order valence-electron chi connectivity index (χ3n) is 6.63. The highest BCUT2D eigenvalue weighted by Gasteiger charge is 2.50. The number of hydrogen-bond donors (Lipinski definition) is 0. The molecule has 1 aromatic carbocycles. The molecule has 2 fully saturated rings. The summed E-state index contributed by atoms with van der Waals surface area (Å²) in [5, 5.41) is 4.47. The second kappa shape index (κ2) is 11.2. The van der Waals surface area contributed by atoms with E-state index in [9.17, 15) is 27.2 Å². The van der Waals surface area contributed by atoms with E-state index in [0.29, 0.717) is 32.1 Å². The van der Waals surface area contributed by atoms with Crippen LogP contribution in [0, 0.1) is 17.2 Å². The molecule has 2 aliphatic rings. The molecule has 2 amide bonds. The molecule has 2 aliphatic heterocycles. The third-order valence-corrected chi connectivity index (χ3v) is 7.63. The van der Waals surface area contributed by atoms with Gasteiger partial charge in [0.15, 0.2) is 11.0 Å². The fourth-order valence-corrected chi connectivity index (χ4v) is 5.36. The number of amides is 2. The number of aromatic nitrogens is 3. The van der Waals surface area contributed by atoms with Gasteiger partial charge in [0.2, 0.25) is 0 Å². The van der Waals surface area contributed by atoms with Crippen LogP contribution in [0.4, 0.5) is 22.4 Å². The molecule has 2 saturated heterocycles. The van der Waals surface area contributed by atoms with Crippen molar-refractivity contribution in [3.8, 4) is 0 Å². The maximum atomic E-state index is 14.3. The number of rotatable bonds is 4. The summed E-state index contributed by atoms with van der Waals surface area (Å²) in [5.41, 5.74) is -0.0909. The van der Waals surface area contributed by atoms with Crippen LogP contribution in [0.3, 0.4) is 0 Å². The number of urea groups is 1. The van der Waals surface area contributed by atoms with Crippen molar-refractivity contribution in [2.24, 2.45) is 11.3 Å². The fourth-order valence-electron chi connectivity index (χ4n) is 4.46. The Bertz CT molecular complexity index is 1140. The first-order chi connectivity index (χ1) is 17.8. The van der Waals surface area contributed by atoms with Gasteiger partial charge in [-0.05, 0) is 24.1 Å². The van der Waals surface area contributed by atoms with Crippen LogP contribution in [-0.4, -0.2) is 82.1 Å². The Morgan fingerprint density at radius 2 is 1.71 bits per heavy atom. The molecule has 1 aromatic heterocycles. The van der Waals surface area contributed by atoms with Gasteiger partial charge in [-0.25, -0.2) is 14.2 Å². The average molecular weight is 558 g/mol. The van der Waals surface area contributed by atoms with Crippen molar-refractivity contribution < 1.29 is 31.9 Å². The summed E-state index contributed by atoms with van der Waals surface area (Å²) in [6.07, 6.45) is -4.59. The van der Waals surface area contributed by atoms with Crippen molar-refractivity contribution in [1.29, 1.82) is 0 Å². The number of hydrogen-bond acceptors (Lipinski definition) is 6. The summed E-state index contributed by atoms with van der Waals surface area (Å²) < 4.78 is 62.4. The van der Waals surface area contributed by atoms with E-state index in [1.165, 1.54) is 21.9 Å². The standard InChI is InChI=1S/C25H31F4N5O3S/c1-24(2,3)21(35)34-22(38-15-16-4-6-17(26)7-5-16)30-20(31-34)18-8-9-33(14-19(18)25(27,28)29)23(36)32-10-12-37-13-11-32/h4-7,18-19H,8-15H2,1-3H3. The van der Waals surface area contributed by atoms with Crippen molar-refractivity contribution in [1.82, 2.24) is 24.6 Å².